The highest BCUT2D eigenvalue weighted by atomic mass is 32.1. The van der Waals surface area contributed by atoms with Crippen LogP contribution < -0.4 is 10.6 Å². The third kappa shape index (κ3) is 10.1. The Hall–Kier alpha value is -1.95. The highest BCUT2D eigenvalue weighted by Crippen LogP contribution is 2.20. The van der Waals surface area contributed by atoms with Gasteiger partial charge in [0.15, 0.2) is 5.11 Å². The SMILES string of the molecule is CCCCCCCCCCCCCC(=O)NC(=S)Nc1ccccc1C(=O)N1CCCC1. The van der Waals surface area contributed by atoms with Crippen LogP contribution >= 0.6 is 12.2 Å². The number of likely N-dealkylation sites (tertiary alicyclic amines) is 1. The molecule has 1 aromatic carbocycles. The van der Waals surface area contributed by atoms with Gasteiger partial charge in [0.1, 0.15) is 0 Å². The van der Waals surface area contributed by atoms with Gasteiger partial charge >= 0.3 is 0 Å². The largest absolute Gasteiger partial charge is 0.339 e. The topological polar surface area (TPSA) is 61.4 Å². The van der Waals surface area contributed by atoms with Gasteiger partial charge in [0, 0.05) is 19.5 Å². The van der Waals surface area contributed by atoms with Crippen LogP contribution in [0.15, 0.2) is 24.3 Å². The zero-order valence-electron chi connectivity index (χ0n) is 19.8. The van der Waals surface area contributed by atoms with Gasteiger partial charge in [0.2, 0.25) is 5.91 Å². The van der Waals surface area contributed by atoms with Gasteiger partial charge in [-0.1, -0.05) is 83.3 Å². The van der Waals surface area contributed by atoms with Gasteiger partial charge in [0.25, 0.3) is 5.91 Å². The Kier molecular flexibility index (Phi) is 13.0. The molecule has 1 aromatic rings. The van der Waals surface area contributed by atoms with Gasteiger partial charge in [-0.25, -0.2) is 0 Å². The summed E-state index contributed by atoms with van der Waals surface area (Å²) >= 11 is 5.31. The lowest BCUT2D eigenvalue weighted by atomic mass is 10.1. The van der Waals surface area contributed by atoms with Crippen LogP contribution in [-0.4, -0.2) is 34.9 Å². The number of nitrogens with zero attached hydrogens (tertiary/aromatic N) is 1. The van der Waals surface area contributed by atoms with E-state index in [2.05, 4.69) is 17.6 Å². The number of carbonyl (C=O) groups is 2. The molecule has 0 atom stereocenters. The summed E-state index contributed by atoms with van der Waals surface area (Å²) < 4.78 is 0. The fraction of sp³-hybridized carbons (Fsp3) is 0.654. The first-order chi connectivity index (χ1) is 15.6. The second-order valence-corrected chi connectivity index (χ2v) is 9.24. The molecule has 1 heterocycles. The first kappa shape index (κ1) is 26.3. The number of carbonyl (C=O) groups excluding carboxylic acids is 2. The van der Waals surface area contributed by atoms with Gasteiger partial charge in [-0.2, -0.15) is 0 Å². The van der Waals surface area contributed by atoms with E-state index in [1.807, 2.05) is 23.1 Å². The third-order valence-corrected chi connectivity index (χ3v) is 6.26. The maximum absolute atomic E-state index is 12.8. The lowest BCUT2D eigenvalue weighted by molar-refractivity contribution is -0.119. The third-order valence-electron chi connectivity index (χ3n) is 6.06. The second-order valence-electron chi connectivity index (χ2n) is 8.83. The van der Waals surface area contributed by atoms with Crippen molar-refractivity contribution < 1.29 is 9.59 Å². The Bertz CT molecular complexity index is 717. The lowest BCUT2D eigenvalue weighted by Crippen LogP contribution is -2.35. The molecule has 0 saturated carbocycles. The van der Waals surface area contributed by atoms with E-state index in [-0.39, 0.29) is 16.9 Å². The van der Waals surface area contributed by atoms with Crippen LogP contribution in [0.3, 0.4) is 0 Å². The summed E-state index contributed by atoms with van der Waals surface area (Å²) in [5.41, 5.74) is 1.24. The van der Waals surface area contributed by atoms with Gasteiger partial charge < -0.3 is 15.5 Å². The Morgan fingerprint density at radius 2 is 1.44 bits per heavy atom. The molecule has 32 heavy (non-hydrogen) atoms. The molecule has 0 unspecified atom stereocenters. The molecule has 6 heteroatoms. The normalized spacial score (nSPS) is 13.2. The van der Waals surface area contributed by atoms with Crippen LogP contribution in [0.2, 0.25) is 0 Å². The number of nitrogens with one attached hydrogen (secondary N) is 2. The summed E-state index contributed by atoms with van der Waals surface area (Å²) in [6, 6.07) is 7.34. The highest BCUT2D eigenvalue weighted by molar-refractivity contribution is 7.80. The predicted molar refractivity (Wildman–Crippen MR) is 137 cm³/mol. The Morgan fingerprint density at radius 3 is 2.06 bits per heavy atom. The van der Waals surface area contributed by atoms with E-state index in [1.54, 1.807) is 6.07 Å². The molecule has 0 bridgehead atoms. The van der Waals surface area contributed by atoms with Crippen molar-refractivity contribution in [3.8, 4) is 0 Å². The second kappa shape index (κ2) is 15.8. The zero-order chi connectivity index (χ0) is 23.0. The first-order valence-corrected chi connectivity index (χ1v) is 13.0. The number of hydrogen-bond donors (Lipinski definition) is 2. The van der Waals surface area contributed by atoms with Crippen molar-refractivity contribution in [2.75, 3.05) is 18.4 Å². The number of benzene rings is 1. The molecule has 1 fully saturated rings. The molecule has 1 saturated heterocycles. The van der Waals surface area contributed by atoms with Crippen LogP contribution in [0.5, 0.6) is 0 Å². The molecule has 0 spiro atoms. The highest BCUT2D eigenvalue weighted by Gasteiger charge is 2.22. The number of para-hydroxylation sites is 1. The lowest BCUT2D eigenvalue weighted by Gasteiger charge is -2.18. The summed E-state index contributed by atoms with van der Waals surface area (Å²) in [6.45, 7) is 3.85. The maximum Gasteiger partial charge on any atom is 0.255 e. The van der Waals surface area contributed by atoms with Gasteiger partial charge in [-0.05, 0) is 43.6 Å². The monoisotopic (exact) mass is 459 g/mol. The van der Waals surface area contributed by atoms with Crippen molar-refractivity contribution in [3.05, 3.63) is 29.8 Å². The number of rotatable bonds is 14. The molecule has 5 nitrogen and oxygen atoms in total. The molecule has 1 aliphatic rings. The van der Waals surface area contributed by atoms with E-state index in [9.17, 15) is 9.59 Å². The first-order valence-electron chi connectivity index (χ1n) is 12.6. The Balaban J connectivity index is 1.59. The number of hydrogen-bond acceptors (Lipinski definition) is 3. The predicted octanol–water partition coefficient (Wildman–Crippen LogP) is 6.44. The number of amides is 2. The fourth-order valence-electron chi connectivity index (χ4n) is 4.16. The molecule has 0 aliphatic carbocycles. The number of anilines is 1. The minimum atomic E-state index is -0.0678. The van der Waals surface area contributed by atoms with E-state index in [0.717, 1.165) is 38.8 Å². The molecule has 0 radical (unpaired) electrons. The van der Waals surface area contributed by atoms with Crippen LogP contribution in [0.1, 0.15) is 107 Å². The molecular weight excluding hydrogens is 418 g/mol. The average molecular weight is 460 g/mol. The smallest absolute Gasteiger partial charge is 0.255 e. The van der Waals surface area contributed by atoms with Crippen LogP contribution in [-0.2, 0) is 4.79 Å². The number of thiocarbonyl (C=S) groups is 1. The maximum atomic E-state index is 12.8. The molecule has 2 N–H and O–H groups in total. The van der Waals surface area contributed by atoms with Crippen LogP contribution in [0, 0.1) is 0 Å². The van der Waals surface area contributed by atoms with Crippen molar-refractivity contribution in [2.24, 2.45) is 0 Å². The van der Waals surface area contributed by atoms with Gasteiger partial charge in [-0.15, -0.1) is 0 Å². The van der Waals surface area contributed by atoms with E-state index < -0.39 is 0 Å². The minimum Gasteiger partial charge on any atom is -0.339 e. The summed E-state index contributed by atoms with van der Waals surface area (Å²) in [5.74, 6) is -0.0533. The molecule has 1 aliphatic heterocycles. The molecule has 178 valence electrons. The van der Waals surface area contributed by atoms with Gasteiger partial charge in [0.05, 0.1) is 11.3 Å². The van der Waals surface area contributed by atoms with E-state index >= 15 is 0 Å². The van der Waals surface area contributed by atoms with Crippen molar-refractivity contribution in [1.29, 1.82) is 0 Å². The molecular formula is C26H41N3O2S. The van der Waals surface area contributed by atoms with Crippen LogP contribution in [0.4, 0.5) is 5.69 Å². The van der Waals surface area contributed by atoms with E-state index in [1.165, 1.54) is 57.8 Å². The summed E-state index contributed by atoms with van der Waals surface area (Å²) in [6.07, 6.45) is 16.4. The van der Waals surface area contributed by atoms with Crippen molar-refractivity contribution in [2.45, 2.75) is 96.8 Å². The van der Waals surface area contributed by atoms with E-state index in [4.69, 9.17) is 12.2 Å². The van der Waals surface area contributed by atoms with Gasteiger partial charge in [-0.3, -0.25) is 9.59 Å². The summed E-state index contributed by atoms with van der Waals surface area (Å²) in [5, 5.41) is 6.05. The quantitative estimate of drug-likeness (QED) is 0.248. The zero-order valence-corrected chi connectivity index (χ0v) is 20.6. The van der Waals surface area contributed by atoms with Crippen molar-refractivity contribution in [3.63, 3.8) is 0 Å². The van der Waals surface area contributed by atoms with Crippen molar-refractivity contribution >= 4 is 34.8 Å². The standard InChI is InChI=1S/C26H41N3O2S/c1-2-3-4-5-6-7-8-9-10-11-12-19-24(30)28-26(32)27-23-18-14-13-17-22(23)25(31)29-20-15-16-21-29/h13-14,17-18H,2-12,15-16,19-21H2,1H3,(H2,27,28,30,32). The Morgan fingerprint density at radius 1 is 0.875 bits per heavy atom. The fourth-order valence-corrected chi connectivity index (χ4v) is 4.39. The Labute approximate surface area is 199 Å². The number of unbranched alkanes of at least 4 members (excludes halogenated alkanes) is 10. The summed E-state index contributed by atoms with van der Waals surface area (Å²) in [4.78, 5) is 26.8. The average Bonchev–Trinajstić information content (AvgIpc) is 3.32. The molecule has 0 aromatic heterocycles. The van der Waals surface area contributed by atoms with Crippen molar-refractivity contribution in [1.82, 2.24) is 10.2 Å². The summed E-state index contributed by atoms with van der Waals surface area (Å²) in [7, 11) is 0. The van der Waals surface area contributed by atoms with Crippen LogP contribution in [0.25, 0.3) is 0 Å². The molecule has 2 amide bonds. The minimum absolute atomic E-state index is 0.0145. The molecule has 2 rings (SSSR count). The van der Waals surface area contributed by atoms with E-state index in [0.29, 0.717) is 17.7 Å².